The van der Waals surface area contributed by atoms with Gasteiger partial charge in [-0.2, -0.15) is 0 Å². The highest BCUT2D eigenvalue weighted by Crippen LogP contribution is 2.29. The van der Waals surface area contributed by atoms with Crippen LogP contribution >= 0.6 is 11.6 Å². The van der Waals surface area contributed by atoms with Crippen LogP contribution in [0.5, 0.6) is 11.5 Å². The average molecular weight is 299 g/mol. The van der Waals surface area contributed by atoms with Crippen LogP contribution in [0.25, 0.3) is 0 Å². The maximum absolute atomic E-state index is 10.9. The molecule has 5 heteroatoms. The molecule has 20 heavy (non-hydrogen) atoms. The Morgan fingerprint density at radius 2 is 2.20 bits per heavy atom. The summed E-state index contributed by atoms with van der Waals surface area (Å²) in [7, 11) is 1.32. The summed E-state index contributed by atoms with van der Waals surface area (Å²) in [6.45, 7) is 4.29. The summed E-state index contributed by atoms with van der Waals surface area (Å²) in [4.78, 5) is 10.9. The standard InChI is InChI=1S/C15H19ClO4/c1-4-11(2)20-14-8-7-12(10-13(14)16)19-9-5-6-15(17)18-3/h5-8,10-11H,4,9H2,1-3H3. The van der Waals surface area contributed by atoms with Gasteiger partial charge in [0.2, 0.25) is 0 Å². The van der Waals surface area contributed by atoms with Crippen LogP contribution in [0, 0.1) is 0 Å². The van der Waals surface area contributed by atoms with Gasteiger partial charge in [0.25, 0.3) is 0 Å². The molecular formula is C15H19ClO4. The highest BCUT2D eigenvalue weighted by atomic mass is 35.5. The Kier molecular flexibility index (Phi) is 6.94. The Morgan fingerprint density at radius 3 is 2.80 bits per heavy atom. The summed E-state index contributed by atoms with van der Waals surface area (Å²) in [5, 5.41) is 0.500. The maximum atomic E-state index is 10.9. The average Bonchev–Trinajstić information content (AvgIpc) is 2.45. The highest BCUT2D eigenvalue weighted by Gasteiger charge is 2.07. The van der Waals surface area contributed by atoms with Gasteiger partial charge in [-0.15, -0.1) is 0 Å². The van der Waals surface area contributed by atoms with Crippen LogP contribution in [0.4, 0.5) is 0 Å². The zero-order chi connectivity index (χ0) is 15.0. The first kappa shape index (κ1) is 16.4. The number of benzene rings is 1. The van der Waals surface area contributed by atoms with Gasteiger partial charge in [-0.05, 0) is 31.6 Å². The Labute approximate surface area is 124 Å². The lowest BCUT2D eigenvalue weighted by Gasteiger charge is -2.14. The Balaban J connectivity index is 2.55. The Bertz CT molecular complexity index is 471. The molecule has 0 aliphatic rings. The van der Waals surface area contributed by atoms with Gasteiger partial charge < -0.3 is 14.2 Å². The number of methoxy groups -OCH3 is 1. The summed E-state index contributed by atoms with van der Waals surface area (Å²) < 4.78 is 15.6. The monoisotopic (exact) mass is 298 g/mol. The molecule has 1 aromatic rings. The quantitative estimate of drug-likeness (QED) is 0.569. The molecule has 0 aliphatic heterocycles. The van der Waals surface area contributed by atoms with E-state index in [1.54, 1.807) is 24.3 Å². The second kappa shape index (κ2) is 8.48. The lowest BCUT2D eigenvalue weighted by Crippen LogP contribution is -2.09. The minimum atomic E-state index is -0.413. The van der Waals surface area contributed by atoms with E-state index in [1.165, 1.54) is 13.2 Å². The van der Waals surface area contributed by atoms with Crippen molar-refractivity contribution in [3.63, 3.8) is 0 Å². The van der Waals surface area contributed by atoms with Crippen molar-refractivity contribution in [2.75, 3.05) is 13.7 Å². The molecule has 1 atom stereocenters. The van der Waals surface area contributed by atoms with Gasteiger partial charge >= 0.3 is 5.97 Å². The van der Waals surface area contributed by atoms with Crippen LogP contribution in [-0.2, 0) is 9.53 Å². The molecule has 0 heterocycles. The molecule has 110 valence electrons. The third-order valence-electron chi connectivity index (χ3n) is 2.61. The molecule has 0 radical (unpaired) electrons. The molecule has 0 bridgehead atoms. The second-order valence-electron chi connectivity index (χ2n) is 4.17. The fourth-order valence-electron chi connectivity index (χ4n) is 1.32. The molecular weight excluding hydrogens is 280 g/mol. The lowest BCUT2D eigenvalue weighted by atomic mass is 10.3. The largest absolute Gasteiger partial charge is 0.489 e. The molecule has 0 saturated carbocycles. The SMILES string of the molecule is CCC(C)Oc1ccc(OCC=CC(=O)OC)cc1Cl. The fraction of sp³-hybridized carbons (Fsp3) is 0.400. The number of rotatable bonds is 7. The van der Waals surface area contributed by atoms with Crippen LogP contribution in [0.3, 0.4) is 0 Å². The van der Waals surface area contributed by atoms with Crippen molar-refractivity contribution in [1.29, 1.82) is 0 Å². The summed E-state index contributed by atoms with van der Waals surface area (Å²) in [6, 6.07) is 5.23. The summed E-state index contributed by atoms with van der Waals surface area (Å²) in [5.41, 5.74) is 0. The first-order chi connectivity index (χ1) is 9.56. The predicted octanol–water partition coefficient (Wildman–Crippen LogP) is 3.63. The second-order valence-corrected chi connectivity index (χ2v) is 4.57. The summed E-state index contributed by atoms with van der Waals surface area (Å²) in [6.07, 6.45) is 3.90. The minimum Gasteiger partial charge on any atom is -0.489 e. The van der Waals surface area contributed by atoms with Crippen LogP contribution in [0.1, 0.15) is 20.3 Å². The van der Waals surface area contributed by atoms with Crippen LogP contribution in [0.2, 0.25) is 5.02 Å². The zero-order valence-electron chi connectivity index (χ0n) is 11.9. The van der Waals surface area contributed by atoms with E-state index in [9.17, 15) is 4.79 Å². The van der Waals surface area contributed by atoms with Gasteiger partial charge in [-0.3, -0.25) is 0 Å². The van der Waals surface area contributed by atoms with Gasteiger partial charge in [0, 0.05) is 12.1 Å². The molecule has 0 fully saturated rings. The highest BCUT2D eigenvalue weighted by molar-refractivity contribution is 6.32. The fourth-order valence-corrected chi connectivity index (χ4v) is 1.54. The number of esters is 1. The molecule has 0 amide bonds. The van der Waals surface area contributed by atoms with E-state index in [-0.39, 0.29) is 12.7 Å². The summed E-state index contributed by atoms with van der Waals surface area (Å²) >= 11 is 6.12. The van der Waals surface area contributed by atoms with Crippen molar-refractivity contribution >= 4 is 17.6 Å². The summed E-state index contributed by atoms with van der Waals surface area (Å²) in [5.74, 6) is 0.837. The van der Waals surface area contributed by atoms with Crippen molar-refractivity contribution in [3.05, 3.63) is 35.4 Å². The van der Waals surface area contributed by atoms with Gasteiger partial charge in [0.1, 0.15) is 18.1 Å². The maximum Gasteiger partial charge on any atom is 0.330 e. The Morgan fingerprint density at radius 1 is 1.45 bits per heavy atom. The van der Waals surface area contributed by atoms with Gasteiger partial charge in [-0.25, -0.2) is 4.79 Å². The minimum absolute atomic E-state index is 0.113. The van der Waals surface area contributed by atoms with E-state index in [0.29, 0.717) is 16.5 Å². The van der Waals surface area contributed by atoms with Crippen LogP contribution in [-0.4, -0.2) is 25.8 Å². The number of carbonyl (C=O) groups excluding carboxylic acids is 1. The Hall–Kier alpha value is -1.68. The van der Waals surface area contributed by atoms with E-state index in [4.69, 9.17) is 21.1 Å². The molecule has 1 rings (SSSR count). The number of carbonyl (C=O) groups is 1. The smallest absolute Gasteiger partial charge is 0.330 e. The van der Waals surface area contributed by atoms with E-state index >= 15 is 0 Å². The van der Waals surface area contributed by atoms with E-state index in [1.807, 2.05) is 13.8 Å². The van der Waals surface area contributed by atoms with Gasteiger partial charge in [0.05, 0.1) is 18.2 Å². The van der Waals surface area contributed by atoms with Crippen molar-refractivity contribution < 1.29 is 19.0 Å². The normalized spacial score (nSPS) is 12.2. The molecule has 0 aliphatic carbocycles. The first-order valence-electron chi connectivity index (χ1n) is 6.40. The third kappa shape index (κ3) is 5.53. The predicted molar refractivity (Wildman–Crippen MR) is 78.5 cm³/mol. The van der Waals surface area contributed by atoms with Crippen LogP contribution in [0.15, 0.2) is 30.4 Å². The van der Waals surface area contributed by atoms with Gasteiger partial charge in [-0.1, -0.05) is 18.5 Å². The molecule has 0 N–H and O–H groups in total. The van der Waals surface area contributed by atoms with Crippen LogP contribution < -0.4 is 9.47 Å². The van der Waals surface area contributed by atoms with Crippen molar-refractivity contribution in [2.45, 2.75) is 26.4 Å². The van der Waals surface area contributed by atoms with E-state index < -0.39 is 5.97 Å². The van der Waals surface area contributed by atoms with E-state index in [2.05, 4.69) is 4.74 Å². The van der Waals surface area contributed by atoms with Crippen molar-refractivity contribution in [1.82, 2.24) is 0 Å². The molecule has 0 spiro atoms. The van der Waals surface area contributed by atoms with Gasteiger partial charge in [0.15, 0.2) is 0 Å². The molecule has 1 unspecified atom stereocenters. The topological polar surface area (TPSA) is 44.8 Å². The third-order valence-corrected chi connectivity index (χ3v) is 2.90. The number of hydrogen-bond donors (Lipinski definition) is 0. The molecule has 0 aromatic heterocycles. The lowest BCUT2D eigenvalue weighted by molar-refractivity contribution is -0.134. The van der Waals surface area contributed by atoms with Crippen molar-refractivity contribution in [2.24, 2.45) is 0 Å². The number of hydrogen-bond acceptors (Lipinski definition) is 4. The number of halogens is 1. The first-order valence-corrected chi connectivity index (χ1v) is 6.78. The molecule has 0 saturated heterocycles. The molecule has 1 aromatic carbocycles. The van der Waals surface area contributed by atoms with E-state index in [0.717, 1.165) is 6.42 Å². The number of ether oxygens (including phenoxy) is 3. The molecule has 4 nitrogen and oxygen atoms in total. The van der Waals surface area contributed by atoms with Crippen molar-refractivity contribution in [3.8, 4) is 11.5 Å². The zero-order valence-corrected chi connectivity index (χ0v) is 12.6.